The summed E-state index contributed by atoms with van der Waals surface area (Å²) in [7, 11) is 0. The van der Waals surface area contributed by atoms with Gasteiger partial charge in [-0.2, -0.15) is 0 Å². The number of nitrogens with two attached hydrogens (primary N) is 1. The highest BCUT2D eigenvalue weighted by molar-refractivity contribution is 9.10. The van der Waals surface area contributed by atoms with E-state index < -0.39 is 0 Å². The number of hydrazine groups is 1. The Balaban J connectivity index is 2.31. The number of hydrogen-bond donors (Lipinski definition) is 2. The highest BCUT2D eigenvalue weighted by Gasteiger charge is 2.19. The fraction of sp³-hybridized carbons (Fsp3) is 0.286. The minimum atomic E-state index is -0.222. The fourth-order valence-corrected chi connectivity index (χ4v) is 2.30. The van der Waals surface area contributed by atoms with Crippen molar-refractivity contribution in [3.05, 3.63) is 52.4 Å². The van der Waals surface area contributed by atoms with Gasteiger partial charge in [0.15, 0.2) is 0 Å². The topological polar surface area (TPSA) is 60.4 Å². The van der Waals surface area contributed by atoms with Crippen molar-refractivity contribution in [2.75, 3.05) is 0 Å². The molecule has 1 aromatic carbocycles. The number of hydrogen-bond acceptors (Lipinski definition) is 4. The Morgan fingerprint density at radius 1 is 1.32 bits per heavy atom. The first kappa shape index (κ1) is 14.1. The molecule has 2 rings (SSSR count). The van der Waals surface area contributed by atoms with Gasteiger partial charge < -0.3 is 9.15 Å². The zero-order valence-corrected chi connectivity index (χ0v) is 12.5. The molecule has 0 amide bonds. The predicted octanol–water partition coefficient (Wildman–Crippen LogP) is 3.38. The van der Waals surface area contributed by atoms with Crippen LogP contribution >= 0.6 is 15.9 Å². The first-order chi connectivity index (χ1) is 9.11. The van der Waals surface area contributed by atoms with E-state index in [1.165, 1.54) is 0 Å². The minimum absolute atomic E-state index is 0.134. The Morgan fingerprint density at radius 2 is 2.11 bits per heavy atom. The smallest absolute Gasteiger partial charge is 0.140 e. The molecule has 0 aliphatic heterocycles. The lowest BCUT2D eigenvalue weighted by atomic mass is 10.1. The number of rotatable bonds is 5. The Labute approximate surface area is 121 Å². The molecule has 0 spiro atoms. The summed E-state index contributed by atoms with van der Waals surface area (Å²) in [5, 5.41) is 0. The quantitative estimate of drug-likeness (QED) is 0.653. The van der Waals surface area contributed by atoms with Crippen LogP contribution in [0.15, 0.2) is 45.5 Å². The van der Waals surface area contributed by atoms with Crippen LogP contribution in [0.5, 0.6) is 5.75 Å². The van der Waals surface area contributed by atoms with Crippen molar-refractivity contribution >= 4 is 15.9 Å². The first-order valence-electron chi connectivity index (χ1n) is 6.07. The average Bonchev–Trinajstić information content (AvgIpc) is 2.77. The van der Waals surface area contributed by atoms with E-state index >= 15 is 0 Å². The van der Waals surface area contributed by atoms with E-state index in [-0.39, 0.29) is 12.1 Å². The van der Waals surface area contributed by atoms with Crippen molar-refractivity contribution in [2.45, 2.75) is 26.0 Å². The molecule has 0 bridgehead atoms. The Morgan fingerprint density at radius 3 is 2.68 bits per heavy atom. The van der Waals surface area contributed by atoms with Crippen molar-refractivity contribution in [3.63, 3.8) is 0 Å². The highest BCUT2D eigenvalue weighted by Crippen LogP contribution is 2.30. The predicted molar refractivity (Wildman–Crippen MR) is 77.8 cm³/mol. The molecule has 1 heterocycles. The highest BCUT2D eigenvalue weighted by atomic mass is 79.9. The van der Waals surface area contributed by atoms with Crippen molar-refractivity contribution in [3.8, 4) is 5.75 Å². The molecule has 1 aromatic heterocycles. The lowest BCUT2D eigenvalue weighted by Crippen LogP contribution is -2.28. The van der Waals surface area contributed by atoms with E-state index in [1.807, 2.05) is 44.2 Å². The second-order valence-electron chi connectivity index (χ2n) is 4.47. The maximum absolute atomic E-state index is 5.69. The third kappa shape index (κ3) is 3.37. The van der Waals surface area contributed by atoms with Gasteiger partial charge >= 0.3 is 0 Å². The summed E-state index contributed by atoms with van der Waals surface area (Å²) in [6.45, 7) is 3.99. The molecule has 0 radical (unpaired) electrons. The lowest BCUT2D eigenvalue weighted by Gasteiger charge is -2.16. The number of nitrogens with one attached hydrogen (secondary N) is 1. The molecule has 102 valence electrons. The molecule has 0 aliphatic carbocycles. The third-order valence-corrected chi connectivity index (χ3v) is 3.29. The molecule has 4 nitrogen and oxygen atoms in total. The summed E-state index contributed by atoms with van der Waals surface area (Å²) in [5.41, 5.74) is 3.75. The monoisotopic (exact) mass is 324 g/mol. The van der Waals surface area contributed by atoms with Crippen LogP contribution in [0.3, 0.4) is 0 Å². The molecule has 19 heavy (non-hydrogen) atoms. The van der Waals surface area contributed by atoms with E-state index in [0.29, 0.717) is 0 Å². The SMILES string of the molecule is CC(C)Oc1cccc(C(NN)c2occc2Br)c1. The van der Waals surface area contributed by atoms with Gasteiger partial charge in [-0.05, 0) is 53.5 Å². The van der Waals surface area contributed by atoms with Crippen LogP contribution in [0.2, 0.25) is 0 Å². The molecule has 5 heteroatoms. The summed E-state index contributed by atoms with van der Waals surface area (Å²) < 4.78 is 12.0. The Bertz CT molecular complexity index is 540. The maximum atomic E-state index is 5.69. The molecule has 0 saturated heterocycles. The largest absolute Gasteiger partial charge is 0.491 e. The second kappa shape index (κ2) is 6.23. The summed E-state index contributed by atoms with van der Waals surface area (Å²) >= 11 is 3.44. The zero-order valence-electron chi connectivity index (χ0n) is 10.9. The molecule has 3 N–H and O–H groups in total. The average molecular weight is 325 g/mol. The summed E-state index contributed by atoms with van der Waals surface area (Å²) in [5.74, 6) is 7.20. The Hall–Kier alpha value is -1.30. The van der Waals surface area contributed by atoms with Crippen LogP contribution in [-0.4, -0.2) is 6.10 Å². The van der Waals surface area contributed by atoms with Gasteiger partial charge in [-0.15, -0.1) is 0 Å². The van der Waals surface area contributed by atoms with E-state index in [0.717, 1.165) is 21.5 Å². The number of halogens is 1. The fourth-order valence-electron chi connectivity index (χ4n) is 1.87. The molecule has 0 aliphatic rings. The van der Waals surface area contributed by atoms with E-state index in [1.54, 1.807) is 6.26 Å². The van der Waals surface area contributed by atoms with Crippen molar-refractivity contribution in [1.29, 1.82) is 0 Å². The van der Waals surface area contributed by atoms with Gasteiger partial charge in [-0.3, -0.25) is 5.84 Å². The third-order valence-electron chi connectivity index (χ3n) is 2.64. The number of ether oxygens (including phenoxy) is 1. The van der Waals surface area contributed by atoms with E-state index in [9.17, 15) is 0 Å². The van der Waals surface area contributed by atoms with Crippen molar-refractivity contribution in [1.82, 2.24) is 5.43 Å². The minimum Gasteiger partial charge on any atom is -0.491 e. The standard InChI is InChI=1S/C14H17BrN2O2/c1-9(2)19-11-5-3-4-10(8-11)13(17-16)14-12(15)6-7-18-14/h3-9,13,17H,16H2,1-2H3. The molecule has 1 unspecified atom stereocenters. The van der Waals surface area contributed by atoms with Gasteiger partial charge in [0.2, 0.25) is 0 Å². The molecule has 0 fully saturated rings. The van der Waals surface area contributed by atoms with Gasteiger partial charge in [0, 0.05) is 0 Å². The molecular weight excluding hydrogens is 308 g/mol. The second-order valence-corrected chi connectivity index (χ2v) is 5.33. The molecule has 1 atom stereocenters. The van der Waals surface area contributed by atoms with Crippen molar-refractivity contribution < 1.29 is 9.15 Å². The first-order valence-corrected chi connectivity index (χ1v) is 6.86. The normalized spacial score (nSPS) is 12.7. The molecule has 2 aromatic rings. The summed E-state index contributed by atoms with van der Waals surface area (Å²) in [6, 6.07) is 9.42. The zero-order chi connectivity index (χ0) is 13.8. The summed E-state index contributed by atoms with van der Waals surface area (Å²) in [4.78, 5) is 0. The van der Waals surface area contributed by atoms with Gasteiger partial charge in [-0.1, -0.05) is 12.1 Å². The number of benzene rings is 1. The maximum Gasteiger partial charge on any atom is 0.140 e. The van der Waals surface area contributed by atoms with Crippen LogP contribution in [0.1, 0.15) is 31.2 Å². The van der Waals surface area contributed by atoms with E-state index in [4.69, 9.17) is 15.0 Å². The summed E-state index contributed by atoms with van der Waals surface area (Å²) in [6.07, 6.45) is 1.76. The van der Waals surface area contributed by atoms with E-state index in [2.05, 4.69) is 21.4 Å². The van der Waals surface area contributed by atoms with Crippen molar-refractivity contribution in [2.24, 2.45) is 5.84 Å². The number of furan rings is 1. The molecular formula is C14H17BrN2O2. The van der Waals surface area contributed by atoms with Crippen LogP contribution in [0.25, 0.3) is 0 Å². The van der Waals surface area contributed by atoms with Gasteiger partial charge in [-0.25, -0.2) is 5.43 Å². The van der Waals surface area contributed by atoms with Gasteiger partial charge in [0.25, 0.3) is 0 Å². The van der Waals surface area contributed by atoms with Gasteiger partial charge in [0.05, 0.1) is 16.8 Å². The van der Waals surface area contributed by atoms with Crippen LogP contribution in [0.4, 0.5) is 0 Å². The lowest BCUT2D eigenvalue weighted by molar-refractivity contribution is 0.242. The Kier molecular flexibility index (Phi) is 4.63. The van der Waals surface area contributed by atoms with Crippen LogP contribution < -0.4 is 16.0 Å². The molecule has 0 saturated carbocycles. The van der Waals surface area contributed by atoms with Gasteiger partial charge in [0.1, 0.15) is 17.6 Å². The van der Waals surface area contributed by atoms with Crippen LogP contribution in [-0.2, 0) is 0 Å². The van der Waals surface area contributed by atoms with Crippen LogP contribution in [0, 0.1) is 0 Å².